The lowest BCUT2D eigenvalue weighted by molar-refractivity contribution is -0.108. The summed E-state index contributed by atoms with van der Waals surface area (Å²) in [6, 6.07) is 10.0. The second-order valence-corrected chi connectivity index (χ2v) is 6.95. The number of hydrogen-bond donors (Lipinski definition) is 0. The zero-order chi connectivity index (χ0) is 16.9. The molecule has 5 nitrogen and oxygen atoms in total. The standard InChI is InChI=1S/C18H27NO4/c1-14-10-19(17(20)23-18(2,3)4)11-16(22-14)13-21-12-15-8-6-5-7-9-15/h5-9,14,16H,10-13H2,1-4H3/t14?,16-/m1/s1. The first kappa shape index (κ1) is 17.8. The fraction of sp³-hybridized carbons (Fsp3) is 0.611. The Morgan fingerprint density at radius 2 is 1.96 bits per heavy atom. The maximum absolute atomic E-state index is 12.2. The van der Waals surface area contributed by atoms with Crippen molar-refractivity contribution >= 4 is 6.09 Å². The molecule has 0 radical (unpaired) electrons. The molecule has 5 heteroatoms. The van der Waals surface area contributed by atoms with E-state index in [2.05, 4.69) is 0 Å². The maximum Gasteiger partial charge on any atom is 0.410 e. The predicted octanol–water partition coefficient (Wildman–Crippen LogP) is 3.23. The summed E-state index contributed by atoms with van der Waals surface area (Å²) in [4.78, 5) is 13.9. The normalized spacial score (nSPS) is 22.0. The van der Waals surface area contributed by atoms with Crippen LogP contribution in [0.4, 0.5) is 4.79 Å². The lowest BCUT2D eigenvalue weighted by atomic mass is 10.2. The van der Waals surface area contributed by atoms with Gasteiger partial charge in [-0.3, -0.25) is 0 Å². The van der Waals surface area contributed by atoms with Crippen LogP contribution in [-0.4, -0.2) is 48.5 Å². The zero-order valence-electron chi connectivity index (χ0n) is 14.5. The fourth-order valence-corrected chi connectivity index (χ4v) is 2.50. The first-order valence-corrected chi connectivity index (χ1v) is 8.08. The molecule has 1 amide bonds. The third-order valence-electron chi connectivity index (χ3n) is 3.39. The Balaban J connectivity index is 1.81. The number of morpholine rings is 1. The second-order valence-electron chi connectivity index (χ2n) is 6.95. The molecule has 0 N–H and O–H groups in total. The Morgan fingerprint density at radius 3 is 2.61 bits per heavy atom. The molecule has 2 rings (SSSR count). The molecule has 1 aromatic carbocycles. The van der Waals surface area contributed by atoms with Crippen LogP contribution >= 0.6 is 0 Å². The van der Waals surface area contributed by atoms with Crippen molar-refractivity contribution in [1.82, 2.24) is 4.90 Å². The second kappa shape index (κ2) is 7.79. The molecule has 23 heavy (non-hydrogen) atoms. The first-order valence-electron chi connectivity index (χ1n) is 8.08. The number of ether oxygens (including phenoxy) is 3. The molecular weight excluding hydrogens is 294 g/mol. The number of benzene rings is 1. The molecule has 0 saturated carbocycles. The monoisotopic (exact) mass is 321 g/mol. The zero-order valence-corrected chi connectivity index (χ0v) is 14.5. The lowest BCUT2D eigenvalue weighted by Crippen LogP contribution is -2.51. The highest BCUT2D eigenvalue weighted by molar-refractivity contribution is 5.68. The van der Waals surface area contributed by atoms with Gasteiger partial charge in [-0.1, -0.05) is 30.3 Å². The minimum absolute atomic E-state index is 0.0263. The van der Waals surface area contributed by atoms with Crippen LogP contribution in [0, 0.1) is 0 Å². The van der Waals surface area contributed by atoms with Gasteiger partial charge in [0.25, 0.3) is 0 Å². The van der Waals surface area contributed by atoms with Gasteiger partial charge in [0.15, 0.2) is 0 Å². The number of rotatable bonds is 4. The van der Waals surface area contributed by atoms with Gasteiger partial charge in [-0.15, -0.1) is 0 Å². The van der Waals surface area contributed by atoms with Gasteiger partial charge in [-0.25, -0.2) is 4.79 Å². The van der Waals surface area contributed by atoms with Crippen LogP contribution in [0.3, 0.4) is 0 Å². The number of amides is 1. The van der Waals surface area contributed by atoms with Crippen molar-refractivity contribution in [3.8, 4) is 0 Å². The van der Waals surface area contributed by atoms with Gasteiger partial charge in [0.05, 0.1) is 38.5 Å². The molecule has 1 unspecified atom stereocenters. The maximum atomic E-state index is 12.2. The van der Waals surface area contributed by atoms with E-state index < -0.39 is 5.60 Å². The van der Waals surface area contributed by atoms with Crippen LogP contribution in [0.25, 0.3) is 0 Å². The number of carbonyl (C=O) groups excluding carboxylic acids is 1. The van der Waals surface area contributed by atoms with Gasteiger partial charge in [0.1, 0.15) is 5.60 Å². The summed E-state index contributed by atoms with van der Waals surface area (Å²) >= 11 is 0. The summed E-state index contributed by atoms with van der Waals surface area (Å²) in [6.07, 6.45) is -0.447. The van der Waals surface area contributed by atoms with E-state index in [1.165, 1.54) is 0 Å². The Bertz CT molecular complexity index is 497. The van der Waals surface area contributed by atoms with Gasteiger partial charge >= 0.3 is 6.09 Å². The summed E-state index contributed by atoms with van der Waals surface area (Å²) in [6.45, 7) is 9.61. The molecule has 0 aliphatic carbocycles. The molecule has 1 saturated heterocycles. The van der Waals surface area contributed by atoms with Gasteiger partial charge in [0, 0.05) is 0 Å². The average molecular weight is 321 g/mol. The van der Waals surface area contributed by atoms with Crippen LogP contribution in [0.1, 0.15) is 33.3 Å². The van der Waals surface area contributed by atoms with E-state index in [4.69, 9.17) is 14.2 Å². The summed E-state index contributed by atoms with van der Waals surface area (Å²) in [5.74, 6) is 0. The molecule has 0 aromatic heterocycles. The number of carbonyl (C=O) groups is 1. The molecular formula is C18H27NO4. The highest BCUT2D eigenvalue weighted by atomic mass is 16.6. The van der Waals surface area contributed by atoms with Crippen molar-refractivity contribution in [1.29, 1.82) is 0 Å². The number of hydrogen-bond acceptors (Lipinski definition) is 4. The highest BCUT2D eigenvalue weighted by Gasteiger charge is 2.31. The summed E-state index contributed by atoms with van der Waals surface area (Å²) in [5, 5.41) is 0. The largest absolute Gasteiger partial charge is 0.444 e. The molecule has 1 heterocycles. The Kier molecular flexibility index (Phi) is 6.02. The van der Waals surface area contributed by atoms with Gasteiger partial charge < -0.3 is 19.1 Å². The Hall–Kier alpha value is -1.59. The van der Waals surface area contributed by atoms with E-state index in [0.29, 0.717) is 26.3 Å². The van der Waals surface area contributed by atoms with Crippen molar-refractivity contribution in [2.75, 3.05) is 19.7 Å². The Morgan fingerprint density at radius 1 is 1.26 bits per heavy atom. The minimum Gasteiger partial charge on any atom is -0.444 e. The molecule has 2 atom stereocenters. The summed E-state index contributed by atoms with van der Waals surface area (Å²) in [5.41, 5.74) is 0.637. The average Bonchev–Trinajstić information content (AvgIpc) is 2.46. The van der Waals surface area contributed by atoms with Crippen LogP contribution in [0.2, 0.25) is 0 Å². The van der Waals surface area contributed by atoms with Crippen molar-refractivity contribution in [2.24, 2.45) is 0 Å². The van der Waals surface area contributed by atoms with Gasteiger partial charge in [-0.05, 0) is 33.3 Å². The fourth-order valence-electron chi connectivity index (χ4n) is 2.50. The molecule has 0 bridgehead atoms. The van der Waals surface area contributed by atoms with Gasteiger partial charge in [-0.2, -0.15) is 0 Å². The van der Waals surface area contributed by atoms with Gasteiger partial charge in [0.2, 0.25) is 0 Å². The molecule has 128 valence electrons. The van der Waals surface area contributed by atoms with Crippen molar-refractivity contribution < 1.29 is 19.0 Å². The third-order valence-corrected chi connectivity index (χ3v) is 3.39. The van der Waals surface area contributed by atoms with Crippen LogP contribution < -0.4 is 0 Å². The van der Waals surface area contributed by atoms with Crippen LogP contribution in [-0.2, 0) is 20.8 Å². The van der Waals surface area contributed by atoms with Crippen LogP contribution in [0.15, 0.2) is 30.3 Å². The third kappa shape index (κ3) is 6.20. The smallest absolute Gasteiger partial charge is 0.410 e. The SMILES string of the molecule is CC1CN(C(=O)OC(C)(C)C)C[C@H](COCc2ccccc2)O1. The van der Waals surface area contributed by atoms with E-state index in [9.17, 15) is 4.79 Å². The van der Waals surface area contributed by atoms with Crippen molar-refractivity contribution in [3.63, 3.8) is 0 Å². The summed E-state index contributed by atoms with van der Waals surface area (Å²) < 4.78 is 17.0. The first-order chi connectivity index (χ1) is 10.8. The van der Waals surface area contributed by atoms with Crippen LogP contribution in [0.5, 0.6) is 0 Å². The molecule has 1 aromatic rings. The van der Waals surface area contributed by atoms with E-state index in [-0.39, 0.29) is 18.3 Å². The summed E-state index contributed by atoms with van der Waals surface area (Å²) in [7, 11) is 0. The molecule has 1 fully saturated rings. The molecule has 1 aliphatic heterocycles. The highest BCUT2D eigenvalue weighted by Crippen LogP contribution is 2.16. The van der Waals surface area contributed by atoms with Crippen molar-refractivity contribution in [2.45, 2.75) is 52.1 Å². The predicted molar refractivity (Wildman–Crippen MR) is 88.2 cm³/mol. The Labute approximate surface area is 138 Å². The van der Waals surface area contributed by atoms with E-state index in [0.717, 1.165) is 5.56 Å². The quantitative estimate of drug-likeness (QED) is 0.854. The van der Waals surface area contributed by atoms with E-state index >= 15 is 0 Å². The van der Waals surface area contributed by atoms with E-state index in [1.807, 2.05) is 58.0 Å². The lowest BCUT2D eigenvalue weighted by Gasteiger charge is -2.37. The molecule has 1 aliphatic rings. The minimum atomic E-state index is -0.488. The number of nitrogens with zero attached hydrogens (tertiary/aromatic N) is 1. The van der Waals surface area contributed by atoms with Crippen molar-refractivity contribution in [3.05, 3.63) is 35.9 Å². The molecule has 0 spiro atoms. The topological polar surface area (TPSA) is 48.0 Å². The van der Waals surface area contributed by atoms with E-state index in [1.54, 1.807) is 4.90 Å².